The van der Waals surface area contributed by atoms with E-state index in [2.05, 4.69) is 25.3 Å². The maximum atomic E-state index is 8.61. The number of hydrogen-bond donors (Lipinski definition) is 1. The van der Waals surface area contributed by atoms with Crippen LogP contribution in [0.3, 0.4) is 0 Å². The van der Waals surface area contributed by atoms with Crippen molar-refractivity contribution in [2.75, 3.05) is 19.7 Å². The zero-order valence-corrected chi connectivity index (χ0v) is 7.58. The topological polar surface area (TPSA) is 23.5 Å². The molecule has 0 aromatic rings. The average Bonchev–Trinajstić information content (AvgIpc) is 2.05. The zero-order valence-electron chi connectivity index (χ0n) is 7.58. The lowest BCUT2D eigenvalue weighted by molar-refractivity contribution is 0.212. The Morgan fingerprint density at radius 3 is 2.64 bits per heavy atom. The second-order valence-electron chi connectivity index (χ2n) is 2.68. The summed E-state index contributed by atoms with van der Waals surface area (Å²) >= 11 is 0. The number of aliphatic hydroxyl groups excluding tert-OH is 1. The van der Waals surface area contributed by atoms with E-state index >= 15 is 0 Å². The number of rotatable bonds is 6. The molecule has 0 saturated heterocycles. The first-order chi connectivity index (χ1) is 5.26. The molecule has 0 aromatic heterocycles. The summed E-state index contributed by atoms with van der Waals surface area (Å²) < 4.78 is 0. The third-order valence-corrected chi connectivity index (χ3v) is 1.93. The number of aliphatic hydroxyl groups is 1. The van der Waals surface area contributed by atoms with E-state index < -0.39 is 0 Å². The molecule has 0 heterocycles. The second-order valence-corrected chi connectivity index (χ2v) is 2.68. The fraction of sp³-hybridized carbons (Fsp3) is 0.778. The molecule has 0 bridgehead atoms. The Bertz CT molecular complexity index is 104. The Morgan fingerprint density at radius 2 is 2.27 bits per heavy atom. The van der Waals surface area contributed by atoms with E-state index in [9.17, 15) is 0 Å². The van der Waals surface area contributed by atoms with Gasteiger partial charge in [0.15, 0.2) is 0 Å². The molecule has 1 unspecified atom stereocenters. The number of likely N-dealkylation sites (N-methyl/N-ethyl adjacent to an activating group) is 1. The first-order valence-corrected chi connectivity index (χ1v) is 4.23. The third-order valence-electron chi connectivity index (χ3n) is 1.93. The lowest BCUT2D eigenvalue weighted by Gasteiger charge is -2.24. The second kappa shape index (κ2) is 6.38. The van der Waals surface area contributed by atoms with Gasteiger partial charge in [-0.1, -0.05) is 13.0 Å². The summed E-state index contributed by atoms with van der Waals surface area (Å²) in [6.45, 7) is 10.2. The van der Waals surface area contributed by atoms with Gasteiger partial charge < -0.3 is 5.11 Å². The van der Waals surface area contributed by atoms with Gasteiger partial charge in [-0.25, -0.2) is 0 Å². The van der Waals surface area contributed by atoms with E-state index in [1.807, 2.05) is 6.08 Å². The molecule has 1 atom stereocenters. The Labute approximate surface area is 69.5 Å². The molecule has 0 aliphatic rings. The summed E-state index contributed by atoms with van der Waals surface area (Å²) in [5, 5.41) is 8.61. The van der Waals surface area contributed by atoms with Gasteiger partial charge in [-0.15, -0.1) is 6.58 Å². The summed E-state index contributed by atoms with van der Waals surface area (Å²) in [7, 11) is 0. The van der Waals surface area contributed by atoms with Crippen LogP contribution in [0.4, 0.5) is 0 Å². The lowest BCUT2D eigenvalue weighted by Crippen LogP contribution is -2.32. The van der Waals surface area contributed by atoms with Crippen molar-refractivity contribution < 1.29 is 5.11 Å². The van der Waals surface area contributed by atoms with Crippen LogP contribution in [0.5, 0.6) is 0 Å². The molecule has 0 aromatic carbocycles. The van der Waals surface area contributed by atoms with Crippen molar-refractivity contribution >= 4 is 0 Å². The monoisotopic (exact) mass is 157 g/mol. The third kappa shape index (κ3) is 4.17. The average molecular weight is 157 g/mol. The molecule has 2 nitrogen and oxygen atoms in total. The predicted molar refractivity (Wildman–Crippen MR) is 48.6 cm³/mol. The van der Waals surface area contributed by atoms with E-state index in [1.54, 1.807) is 0 Å². The van der Waals surface area contributed by atoms with Crippen LogP contribution in [0.2, 0.25) is 0 Å². The highest BCUT2D eigenvalue weighted by atomic mass is 16.3. The van der Waals surface area contributed by atoms with Crippen LogP contribution in [-0.2, 0) is 0 Å². The van der Waals surface area contributed by atoms with Gasteiger partial charge in [0.1, 0.15) is 0 Å². The van der Waals surface area contributed by atoms with Gasteiger partial charge in [0.2, 0.25) is 0 Å². The van der Waals surface area contributed by atoms with Gasteiger partial charge in [-0.05, 0) is 19.9 Å². The molecule has 0 spiro atoms. The smallest absolute Gasteiger partial charge is 0.0443 e. The van der Waals surface area contributed by atoms with Crippen molar-refractivity contribution in [1.29, 1.82) is 0 Å². The van der Waals surface area contributed by atoms with E-state index in [4.69, 9.17) is 5.11 Å². The van der Waals surface area contributed by atoms with Crippen LogP contribution in [0.25, 0.3) is 0 Å². The van der Waals surface area contributed by atoms with E-state index in [-0.39, 0.29) is 6.61 Å². The maximum Gasteiger partial charge on any atom is 0.0443 e. The van der Waals surface area contributed by atoms with Crippen LogP contribution in [-0.4, -0.2) is 35.7 Å². The fourth-order valence-electron chi connectivity index (χ4n) is 1.07. The molecular weight excluding hydrogens is 138 g/mol. The van der Waals surface area contributed by atoms with Gasteiger partial charge in [0.05, 0.1) is 0 Å². The van der Waals surface area contributed by atoms with Crippen LogP contribution < -0.4 is 0 Å². The van der Waals surface area contributed by atoms with Crippen LogP contribution >= 0.6 is 0 Å². The molecule has 66 valence electrons. The molecule has 0 saturated carbocycles. The summed E-state index contributed by atoms with van der Waals surface area (Å²) in [5.74, 6) is 0. The largest absolute Gasteiger partial charge is 0.396 e. The van der Waals surface area contributed by atoms with Crippen molar-refractivity contribution in [3.05, 3.63) is 12.7 Å². The van der Waals surface area contributed by atoms with Gasteiger partial charge in [0.25, 0.3) is 0 Å². The Balaban J connectivity index is 3.64. The number of nitrogens with zero attached hydrogens (tertiary/aromatic N) is 1. The van der Waals surface area contributed by atoms with Gasteiger partial charge >= 0.3 is 0 Å². The first-order valence-electron chi connectivity index (χ1n) is 4.23. The molecule has 0 aliphatic heterocycles. The highest BCUT2D eigenvalue weighted by Crippen LogP contribution is 1.99. The van der Waals surface area contributed by atoms with Gasteiger partial charge in [-0.3, -0.25) is 4.90 Å². The normalized spacial score (nSPS) is 13.5. The van der Waals surface area contributed by atoms with Gasteiger partial charge in [0, 0.05) is 19.2 Å². The standard InChI is InChI=1S/C9H19NO/c1-4-9(3)10(5-2)7-6-8-11/h4,9,11H,1,5-8H2,2-3H3. The Kier molecular flexibility index (Phi) is 6.18. The molecule has 1 N–H and O–H groups in total. The quantitative estimate of drug-likeness (QED) is 0.587. The fourth-order valence-corrected chi connectivity index (χ4v) is 1.07. The van der Waals surface area contributed by atoms with Crippen molar-refractivity contribution in [1.82, 2.24) is 4.90 Å². The molecule has 2 heteroatoms. The van der Waals surface area contributed by atoms with Gasteiger partial charge in [-0.2, -0.15) is 0 Å². The molecule has 0 radical (unpaired) electrons. The molecule has 0 rings (SSSR count). The molecule has 0 amide bonds. The summed E-state index contributed by atoms with van der Waals surface area (Å²) in [6.07, 6.45) is 2.78. The van der Waals surface area contributed by atoms with Crippen molar-refractivity contribution in [2.45, 2.75) is 26.3 Å². The van der Waals surface area contributed by atoms with E-state index in [0.717, 1.165) is 19.5 Å². The Morgan fingerprint density at radius 1 is 1.64 bits per heavy atom. The summed E-state index contributed by atoms with van der Waals surface area (Å²) in [6, 6.07) is 0.423. The first kappa shape index (κ1) is 10.7. The van der Waals surface area contributed by atoms with Crippen molar-refractivity contribution in [3.8, 4) is 0 Å². The molecular formula is C9H19NO. The zero-order chi connectivity index (χ0) is 8.69. The Hall–Kier alpha value is -0.340. The minimum atomic E-state index is 0.278. The minimum Gasteiger partial charge on any atom is -0.396 e. The molecule has 0 aliphatic carbocycles. The molecule has 0 fully saturated rings. The molecule has 11 heavy (non-hydrogen) atoms. The SMILES string of the molecule is C=CC(C)N(CC)CCCO. The highest BCUT2D eigenvalue weighted by Gasteiger charge is 2.06. The van der Waals surface area contributed by atoms with Crippen LogP contribution in [0.15, 0.2) is 12.7 Å². The van der Waals surface area contributed by atoms with E-state index in [1.165, 1.54) is 0 Å². The number of hydrogen-bond acceptors (Lipinski definition) is 2. The van der Waals surface area contributed by atoms with Crippen molar-refractivity contribution in [2.24, 2.45) is 0 Å². The van der Waals surface area contributed by atoms with Crippen molar-refractivity contribution in [3.63, 3.8) is 0 Å². The van der Waals surface area contributed by atoms with E-state index in [0.29, 0.717) is 6.04 Å². The summed E-state index contributed by atoms with van der Waals surface area (Å²) in [4.78, 5) is 2.28. The lowest BCUT2D eigenvalue weighted by atomic mass is 10.2. The summed E-state index contributed by atoms with van der Waals surface area (Å²) in [5.41, 5.74) is 0. The maximum absolute atomic E-state index is 8.61. The predicted octanol–water partition coefficient (Wildman–Crippen LogP) is 1.27. The minimum absolute atomic E-state index is 0.278. The van der Waals surface area contributed by atoms with Crippen LogP contribution in [0.1, 0.15) is 20.3 Å². The van der Waals surface area contributed by atoms with Crippen LogP contribution in [0, 0.1) is 0 Å². The highest BCUT2D eigenvalue weighted by molar-refractivity contribution is 4.83.